The third-order valence-electron chi connectivity index (χ3n) is 7.99. The summed E-state index contributed by atoms with van der Waals surface area (Å²) in [5, 5.41) is 3.38. The van der Waals surface area contributed by atoms with E-state index in [1.807, 2.05) is 47.4 Å². The van der Waals surface area contributed by atoms with Crippen molar-refractivity contribution in [2.24, 2.45) is 0 Å². The molecule has 1 aliphatic carbocycles. The van der Waals surface area contributed by atoms with Crippen LogP contribution >= 0.6 is 0 Å². The van der Waals surface area contributed by atoms with Crippen LogP contribution in [0.25, 0.3) is 0 Å². The van der Waals surface area contributed by atoms with Crippen LogP contribution in [-0.4, -0.2) is 37.5 Å². The maximum absolute atomic E-state index is 14.2. The van der Waals surface area contributed by atoms with Crippen molar-refractivity contribution in [3.05, 3.63) is 94.0 Å². The number of rotatable bonds is 4. The minimum atomic E-state index is -0.523. The van der Waals surface area contributed by atoms with Crippen LogP contribution in [0, 0.1) is 0 Å². The predicted molar refractivity (Wildman–Crippen MR) is 136 cm³/mol. The fraction of sp³-hybridized carbons (Fsp3) is 0.333. The summed E-state index contributed by atoms with van der Waals surface area (Å²) in [5.41, 5.74) is 5.93. The zero-order valence-electron chi connectivity index (χ0n) is 20.6. The summed E-state index contributed by atoms with van der Waals surface area (Å²) in [6, 6.07) is 19.4. The summed E-state index contributed by atoms with van der Waals surface area (Å²) in [6.45, 7) is 0.552. The predicted octanol–water partition coefficient (Wildman–Crippen LogP) is 4.73. The van der Waals surface area contributed by atoms with Gasteiger partial charge in [-0.1, -0.05) is 42.5 Å². The SMILES string of the molecule is COc1cc2c(cc1OC)[C@@H]1[C@@H](C(=O)N[C@H]3CCCc4ccccc43)c3ccccc3C(=O)N1CC2. The second-order valence-electron chi connectivity index (χ2n) is 9.82. The third-order valence-corrected chi connectivity index (χ3v) is 7.99. The fourth-order valence-electron chi connectivity index (χ4n) is 6.30. The van der Waals surface area contributed by atoms with Gasteiger partial charge in [-0.2, -0.15) is 0 Å². The van der Waals surface area contributed by atoms with Gasteiger partial charge in [-0.05, 0) is 71.7 Å². The minimum Gasteiger partial charge on any atom is -0.493 e. The van der Waals surface area contributed by atoms with Gasteiger partial charge in [0.15, 0.2) is 11.5 Å². The summed E-state index contributed by atoms with van der Waals surface area (Å²) >= 11 is 0. The van der Waals surface area contributed by atoms with E-state index in [-0.39, 0.29) is 17.9 Å². The van der Waals surface area contributed by atoms with Crippen molar-refractivity contribution in [3.63, 3.8) is 0 Å². The second-order valence-corrected chi connectivity index (χ2v) is 9.82. The number of nitrogens with zero attached hydrogens (tertiary/aromatic N) is 1. The van der Waals surface area contributed by atoms with Crippen molar-refractivity contribution in [2.75, 3.05) is 20.8 Å². The zero-order valence-corrected chi connectivity index (χ0v) is 20.6. The second kappa shape index (κ2) is 9.01. The van der Waals surface area contributed by atoms with Crippen LogP contribution in [-0.2, 0) is 17.6 Å². The van der Waals surface area contributed by atoms with Crippen LogP contribution in [0.15, 0.2) is 60.7 Å². The Hall–Kier alpha value is -3.80. The first-order valence-electron chi connectivity index (χ1n) is 12.6. The van der Waals surface area contributed by atoms with Gasteiger partial charge in [0.05, 0.1) is 32.2 Å². The maximum Gasteiger partial charge on any atom is 0.254 e. The van der Waals surface area contributed by atoms with Gasteiger partial charge in [0.25, 0.3) is 5.91 Å². The summed E-state index contributed by atoms with van der Waals surface area (Å²) in [4.78, 5) is 29.7. The molecule has 0 saturated heterocycles. The highest BCUT2D eigenvalue weighted by atomic mass is 16.5. The molecule has 0 saturated carbocycles. The number of amides is 2. The Kier molecular flexibility index (Phi) is 5.67. The Morgan fingerprint density at radius 3 is 2.42 bits per heavy atom. The number of fused-ring (bicyclic) bond motifs is 5. The molecule has 3 aromatic carbocycles. The smallest absolute Gasteiger partial charge is 0.254 e. The molecule has 6 rings (SSSR count). The topological polar surface area (TPSA) is 67.9 Å². The molecule has 6 heteroatoms. The van der Waals surface area contributed by atoms with Crippen molar-refractivity contribution in [1.29, 1.82) is 0 Å². The van der Waals surface area contributed by atoms with Crippen LogP contribution < -0.4 is 14.8 Å². The molecule has 2 aliphatic heterocycles. The van der Waals surface area contributed by atoms with E-state index >= 15 is 0 Å². The summed E-state index contributed by atoms with van der Waals surface area (Å²) in [7, 11) is 3.23. The molecule has 3 aromatic rings. The number of nitrogens with one attached hydrogen (secondary N) is 1. The number of aryl methyl sites for hydroxylation is 1. The minimum absolute atomic E-state index is 0.0249. The highest BCUT2D eigenvalue weighted by Gasteiger charge is 2.47. The monoisotopic (exact) mass is 482 g/mol. The van der Waals surface area contributed by atoms with E-state index in [2.05, 4.69) is 23.5 Å². The first-order valence-corrected chi connectivity index (χ1v) is 12.6. The molecule has 0 bridgehead atoms. The van der Waals surface area contributed by atoms with E-state index in [1.165, 1.54) is 11.1 Å². The molecule has 2 amide bonds. The van der Waals surface area contributed by atoms with Crippen LogP contribution in [0.3, 0.4) is 0 Å². The van der Waals surface area contributed by atoms with Gasteiger partial charge in [0, 0.05) is 12.1 Å². The van der Waals surface area contributed by atoms with Crippen LogP contribution in [0.1, 0.15) is 69.0 Å². The van der Waals surface area contributed by atoms with E-state index in [0.29, 0.717) is 30.0 Å². The highest BCUT2D eigenvalue weighted by Crippen LogP contribution is 2.48. The van der Waals surface area contributed by atoms with E-state index in [1.54, 1.807) is 14.2 Å². The molecule has 1 N–H and O–H groups in total. The Labute approximate surface area is 211 Å². The van der Waals surface area contributed by atoms with Crippen molar-refractivity contribution in [3.8, 4) is 11.5 Å². The maximum atomic E-state index is 14.2. The lowest BCUT2D eigenvalue weighted by molar-refractivity contribution is -0.125. The highest BCUT2D eigenvalue weighted by molar-refractivity contribution is 6.01. The first-order chi connectivity index (χ1) is 17.6. The van der Waals surface area contributed by atoms with E-state index in [4.69, 9.17) is 9.47 Å². The summed E-state index contributed by atoms with van der Waals surface area (Å²) in [5.74, 6) is 0.666. The molecule has 184 valence electrons. The average molecular weight is 483 g/mol. The lowest BCUT2D eigenvalue weighted by Gasteiger charge is -2.45. The molecular formula is C30H30N2O4. The fourth-order valence-corrected chi connectivity index (χ4v) is 6.30. The lowest BCUT2D eigenvalue weighted by Crippen LogP contribution is -2.50. The zero-order chi connectivity index (χ0) is 24.8. The molecule has 3 atom stereocenters. The number of ether oxygens (including phenoxy) is 2. The standard InChI is InChI=1S/C30H30N2O4/c1-35-25-16-19-14-15-32-28(23(19)17-26(25)36-2)27(21-11-5-6-12-22(21)30(32)34)29(33)31-24-13-7-9-18-8-3-4-10-20(18)24/h3-6,8,10-12,16-17,24,27-28H,7,9,13-15H2,1-2H3,(H,31,33)/t24-,27-,28+/m0/s1. The molecule has 0 fully saturated rings. The molecule has 36 heavy (non-hydrogen) atoms. The largest absolute Gasteiger partial charge is 0.493 e. The number of methoxy groups -OCH3 is 2. The van der Waals surface area contributed by atoms with Crippen LogP contribution in [0.4, 0.5) is 0 Å². The molecule has 6 nitrogen and oxygen atoms in total. The Morgan fingerprint density at radius 2 is 1.61 bits per heavy atom. The average Bonchev–Trinajstić information content (AvgIpc) is 2.92. The Bertz CT molecular complexity index is 1350. The number of hydrogen-bond acceptors (Lipinski definition) is 4. The van der Waals surface area contributed by atoms with Crippen molar-refractivity contribution in [2.45, 2.75) is 43.7 Å². The van der Waals surface area contributed by atoms with Crippen molar-refractivity contribution >= 4 is 11.8 Å². The van der Waals surface area contributed by atoms with Gasteiger partial charge in [0.1, 0.15) is 0 Å². The van der Waals surface area contributed by atoms with Gasteiger partial charge < -0.3 is 19.7 Å². The molecular weight excluding hydrogens is 452 g/mol. The van der Waals surface area contributed by atoms with Gasteiger partial charge in [0.2, 0.25) is 5.91 Å². The van der Waals surface area contributed by atoms with Crippen molar-refractivity contribution < 1.29 is 19.1 Å². The van der Waals surface area contributed by atoms with E-state index in [0.717, 1.165) is 36.0 Å². The number of hydrogen-bond donors (Lipinski definition) is 1. The summed E-state index contributed by atoms with van der Waals surface area (Å²) < 4.78 is 11.1. The molecule has 3 aliphatic rings. The van der Waals surface area contributed by atoms with Gasteiger partial charge >= 0.3 is 0 Å². The molecule has 2 heterocycles. The van der Waals surface area contributed by atoms with Crippen LogP contribution in [0.5, 0.6) is 11.5 Å². The van der Waals surface area contributed by atoms with Crippen molar-refractivity contribution in [1.82, 2.24) is 10.2 Å². The Morgan fingerprint density at radius 1 is 0.889 bits per heavy atom. The first kappa shape index (κ1) is 22.7. The normalized spacial score (nSPS) is 22.0. The van der Waals surface area contributed by atoms with E-state index in [9.17, 15) is 9.59 Å². The van der Waals surface area contributed by atoms with Gasteiger partial charge in [-0.25, -0.2) is 0 Å². The van der Waals surface area contributed by atoms with Crippen LogP contribution in [0.2, 0.25) is 0 Å². The quantitative estimate of drug-likeness (QED) is 0.584. The molecule has 0 spiro atoms. The molecule has 0 aromatic heterocycles. The molecule has 0 radical (unpaired) electrons. The molecule has 0 unspecified atom stereocenters. The van der Waals surface area contributed by atoms with E-state index < -0.39 is 12.0 Å². The number of benzene rings is 3. The number of carbonyl (C=O) groups is 2. The summed E-state index contributed by atoms with van der Waals surface area (Å²) in [6.07, 6.45) is 3.68. The lowest BCUT2D eigenvalue weighted by atomic mass is 9.75. The van der Waals surface area contributed by atoms with Gasteiger partial charge in [-0.15, -0.1) is 0 Å². The Balaban J connectivity index is 1.45. The number of carbonyl (C=O) groups excluding carboxylic acids is 2. The third kappa shape index (κ3) is 3.55. The van der Waals surface area contributed by atoms with Gasteiger partial charge in [-0.3, -0.25) is 9.59 Å².